The van der Waals surface area contributed by atoms with Gasteiger partial charge in [-0.1, -0.05) is 12.1 Å². The standard InChI is InChI=1S/C11H13N3O3/c1-8(15)13-10-5-3-9(4-6-10)7-12-14-11(16)17-2/h3-7H,1-2H3,(H,13,15)(H,14,16)/b12-7+. The van der Waals surface area contributed by atoms with Crippen molar-refractivity contribution in [2.45, 2.75) is 6.92 Å². The number of carbonyl (C=O) groups is 2. The van der Waals surface area contributed by atoms with Crippen molar-refractivity contribution in [1.82, 2.24) is 5.43 Å². The maximum absolute atomic E-state index is 10.8. The number of carbonyl (C=O) groups excluding carboxylic acids is 2. The normalized spacial score (nSPS) is 10.0. The number of ether oxygens (including phenoxy) is 1. The fourth-order valence-electron chi connectivity index (χ4n) is 1.06. The van der Waals surface area contributed by atoms with Crippen LogP contribution in [0.2, 0.25) is 0 Å². The van der Waals surface area contributed by atoms with Crippen molar-refractivity contribution in [2.24, 2.45) is 5.10 Å². The molecule has 0 saturated carbocycles. The summed E-state index contributed by atoms with van der Waals surface area (Å²) < 4.78 is 4.34. The molecule has 0 fully saturated rings. The number of hydrogen-bond acceptors (Lipinski definition) is 4. The van der Waals surface area contributed by atoms with Crippen LogP contribution in [0.25, 0.3) is 0 Å². The fourth-order valence-corrected chi connectivity index (χ4v) is 1.06. The summed E-state index contributed by atoms with van der Waals surface area (Å²) in [6.45, 7) is 1.44. The van der Waals surface area contributed by atoms with E-state index in [0.717, 1.165) is 5.56 Å². The Bertz CT molecular complexity index is 426. The summed E-state index contributed by atoms with van der Waals surface area (Å²) in [4.78, 5) is 21.5. The average Bonchev–Trinajstić information content (AvgIpc) is 2.30. The van der Waals surface area contributed by atoms with Gasteiger partial charge in [-0.25, -0.2) is 10.2 Å². The minimum Gasteiger partial charge on any atom is -0.452 e. The van der Waals surface area contributed by atoms with Gasteiger partial charge in [-0.05, 0) is 17.7 Å². The van der Waals surface area contributed by atoms with Gasteiger partial charge in [-0.15, -0.1) is 0 Å². The van der Waals surface area contributed by atoms with Gasteiger partial charge in [-0.2, -0.15) is 5.10 Å². The summed E-state index contributed by atoms with van der Waals surface area (Å²) in [5, 5.41) is 6.31. The summed E-state index contributed by atoms with van der Waals surface area (Å²) in [5.41, 5.74) is 3.66. The molecule has 2 N–H and O–H groups in total. The Labute approximate surface area is 98.7 Å². The molecule has 90 valence electrons. The van der Waals surface area contributed by atoms with Crippen LogP contribution in [0.4, 0.5) is 10.5 Å². The smallest absolute Gasteiger partial charge is 0.427 e. The van der Waals surface area contributed by atoms with Crippen LogP contribution < -0.4 is 10.7 Å². The van der Waals surface area contributed by atoms with E-state index in [4.69, 9.17) is 0 Å². The molecule has 0 atom stereocenters. The fraction of sp³-hybridized carbons (Fsp3) is 0.182. The third-order valence-electron chi connectivity index (χ3n) is 1.79. The van der Waals surface area contributed by atoms with E-state index < -0.39 is 6.09 Å². The average molecular weight is 235 g/mol. The molecule has 6 nitrogen and oxygen atoms in total. The Morgan fingerprint density at radius 1 is 1.29 bits per heavy atom. The number of benzene rings is 1. The molecule has 0 heterocycles. The molecule has 17 heavy (non-hydrogen) atoms. The highest BCUT2D eigenvalue weighted by Crippen LogP contribution is 2.07. The summed E-state index contributed by atoms with van der Waals surface area (Å²) >= 11 is 0. The first kappa shape index (κ1) is 12.7. The number of rotatable bonds is 3. The van der Waals surface area contributed by atoms with E-state index in [2.05, 4.69) is 20.6 Å². The SMILES string of the molecule is COC(=O)N/N=C/c1ccc(NC(C)=O)cc1. The molecule has 0 unspecified atom stereocenters. The molecule has 1 aromatic rings. The van der Waals surface area contributed by atoms with E-state index in [1.807, 2.05) is 0 Å². The number of amides is 2. The van der Waals surface area contributed by atoms with Gasteiger partial charge < -0.3 is 10.1 Å². The highest BCUT2D eigenvalue weighted by atomic mass is 16.5. The molecule has 0 radical (unpaired) electrons. The van der Waals surface area contributed by atoms with Gasteiger partial charge >= 0.3 is 6.09 Å². The molecular formula is C11H13N3O3. The molecule has 0 bridgehead atoms. The zero-order valence-corrected chi connectivity index (χ0v) is 9.56. The van der Waals surface area contributed by atoms with Gasteiger partial charge in [0.15, 0.2) is 0 Å². The monoisotopic (exact) mass is 235 g/mol. The predicted molar refractivity (Wildman–Crippen MR) is 63.9 cm³/mol. The molecule has 0 aliphatic rings. The predicted octanol–water partition coefficient (Wildman–Crippen LogP) is 1.33. The van der Waals surface area contributed by atoms with Crippen molar-refractivity contribution < 1.29 is 14.3 Å². The molecule has 0 aliphatic heterocycles. The highest BCUT2D eigenvalue weighted by molar-refractivity contribution is 5.89. The van der Waals surface area contributed by atoms with Crippen molar-refractivity contribution in [3.05, 3.63) is 29.8 Å². The highest BCUT2D eigenvalue weighted by Gasteiger charge is 1.95. The van der Waals surface area contributed by atoms with Crippen LogP contribution in [-0.4, -0.2) is 25.3 Å². The number of hydrogen-bond donors (Lipinski definition) is 2. The van der Waals surface area contributed by atoms with Crippen molar-refractivity contribution in [3.63, 3.8) is 0 Å². The summed E-state index contributed by atoms with van der Waals surface area (Å²) in [7, 11) is 1.26. The molecule has 0 spiro atoms. The Kier molecular flexibility index (Phi) is 4.68. The molecular weight excluding hydrogens is 222 g/mol. The van der Waals surface area contributed by atoms with Crippen molar-refractivity contribution >= 4 is 23.9 Å². The zero-order chi connectivity index (χ0) is 12.7. The van der Waals surface area contributed by atoms with E-state index in [1.165, 1.54) is 20.2 Å². The van der Waals surface area contributed by atoms with Crippen LogP contribution in [-0.2, 0) is 9.53 Å². The lowest BCUT2D eigenvalue weighted by Crippen LogP contribution is -2.16. The summed E-state index contributed by atoms with van der Waals surface area (Å²) in [6, 6.07) is 6.99. The Morgan fingerprint density at radius 2 is 1.94 bits per heavy atom. The molecule has 0 saturated heterocycles. The van der Waals surface area contributed by atoms with Crippen LogP contribution in [0.3, 0.4) is 0 Å². The third kappa shape index (κ3) is 4.78. The van der Waals surface area contributed by atoms with Crippen molar-refractivity contribution in [2.75, 3.05) is 12.4 Å². The maximum Gasteiger partial charge on any atom is 0.427 e. The van der Waals surface area contributed by atoms with Gasteiger partial charge in [0, 0.05) is 12.6 Å². The van der Waals surface area contributed by atoms with Crippen LogP contribution >= 0.6 is 0 Å². The summed E-state index contributed by atoms with van der Waals surface area (Å²) in [6.07, 6.45) is 0.838. The van der Waals surface area contributed by atoms with Crippen LogP contribution in [0, 0.1) is 0 Å². The van der Waals surface area contributed by atoms with Crippen LogP contribution in [0.5, 0.6) is 0 Å². The number of nitrogens with one attached hydrogen (secondary N) is 2. The molecule has 1 rings (SSSR count). The summed E-state index contributed by atoms with van der Waals surface area (Å²) in [5.74, 6) is -0.126. The van der Waals surface area contributed by atoms with Crippen LogP contribution in [0.1, 0.15) is 12.5 Å². The Balaban J connectivity index is 2.56. The first-order chi connectivity index (χ1) is 8.11. The number of methoxy groups -OCH3 is 1. The van der Waals surface area contributed by atoms with Gasteiger partial charge in [-0.3, -0.25) is 4.79 Å². The number of hydrazone groups is 1. The lowest BCUT2D eigenvalue weighted by molar-refractivity contribution is -0.114. The van der Waals surface area contributed by atoms with E-state index in [9.17, 15) is 9.59 Å². The van der Waals surface area contributed by atoms with E-state index in [1.54, 1.807) is 24.3 Å². The van der Waals surface area contributed by atoms with Crippen molar-refractivity contribution in [1.29, 1.82) is 0 Å². The quantitative estimate of drug-likeness (QED) is 0.612. The van der Waals surface area contributed by atoms with Gasteiger partial charge in [0.1, 0.15) is 0 Å². The van der Waals surface area contributed by atoms with E-state index in [-0.39, 0.29) is 5.91 Å². The van der Waals surface area contributed by atoms with E-state index in [0.29, 0.717) is 5.69 Å². The van der Waals surface area contributed by atoms with Crippen molar-refractivity contribution in [3.8, 4) is 0 Å². The molecule has 6 heteroatoms. The minimum atomic E-state index is -0.629. The Hall–Kier alpha value is -2.37. The lowest BCUT2D eigenvalue weighted by Gasteiger charge is -2.01. The lowest BCUT2D eigenvalue weighted by atomic mass is 10.2. The molecule has 1 aromatic carbocycles. The second-order valence-electron chi connectivity index (χ2n) is 3.16. The second kappa shape index (κ2) is 6.26. The second-order valence-corrected chi connectivity index (χ2v) is 3.16. The number of nitrogens with zero attached hydrogens (tertiary/aromatic N) is 1. The third-order valence-corrected chi connectivity index (χ3v) is 1.79. The number of anilines is 1. The Morgan fingerprint density at radius 3 is 2.47 bits per heavy atom. The first-order valence-electron chi connectivity index (χ1n) is 4.86. The first-order valence-corrected chi connectivity index (χ1v) is 4.86. The molecule has 0 aromatic heterocycles. The van der Waals surface area contributed by atoms with Crippen LogP contribution in [0.15, 0.2) is 29.4 Å². The van der Waals surface area contributed by atoms with E-state index >= 15 is 0 Å². The minimum absolute atomic E-state index is 0.126. The van der Waals surface area contributed by atoms with Gasteiger partial charge in [0.25, 0.3) is 0 Å². The molecule has 2 amide bonds. The zero-order valence-electron chi connectivity index (χ0n) is 9.56. The van der Waals surface area contributed by atoms with Gasteiger partial charge in [0.2, 0.25) is 5.91 Å². The maximum atomic E-state index is 10.8. The topological polar surface area (TPSA) is 79.8 Å². The van der Waals surface area contributed by atoms with Gasteiger partial charge in [0.05, 0.1) is 13.3 Å². The molecule has 0 aliphatic carbocycles. The largest absolute Gasteiger partial charge is 0.452 e.